The van der Waals surface area contributed by atoms with E-state index in [1.54, 1.807) is 27.6 Å². The maximum absolute atomic E-state index is 12.1. The van der Waals surface area contributed by atoms with Crippen LogP contribution in [0.5, 0.6) is 0 Å². The van der Waals surface area contributed by atoms with E-state index in [1.807, 2.05) is 45.3 Å². The van der Waals surface area contributed by atoms with Crippen molar-refractivity contribution in [3.8, 4) is 11.6 Å². The number of esters is 1. The van der Waals surface area contributed by atoms with Crippen molar-refractivity contribution in [2.45, 2.75) is 60.9 Å². The molecule has 0 atom stereocenters. The van der Waals surface area contributed by atoms with Gasteiger partial charge >= 0.3 is 262 Å². The molecule has 0 aliphatic carbocycles. The standard InChI is InChI=1S/C16H22ClGeN3O2.C12H14ClGeN3O2/c1-16(2,3)23-15(22)11-7-8-13(19-14(11)17)21-10-9-12(20-21)18(4,5)6;1-14(2,3)9-6-7-17(16-9)10-5-4-8(12(18)19)11(13)15-10/h7-10H,1-6H3;4-7H,1-3H3,(H,18,19). The van der Waals surface area contributed by atoms with Gasteiger partial charge in [-0.3, -0.25) is 0 Å². The zero-order valence-electron chi connectivity index (χ0n) is 25.2. The second kappa shape index (κ2) is 12.9. The molecule has 0 aromatic carbocycles. The Kier molecular flexibility index (Phi) is 10.4. The summed E-state index contributed by atoms with van der Waals surface area (Å²) in [6.45, 7) is 5.43. The molecule has 0 bridgehead atoms. The number of hydrogen-bond donors (Lipinski definition) is 1. The third kappa shape index (κ3) is 8.92. The summed E-state index contributed by atoms with van der Waals surface area (Å²) in [5, 5.41) is 18.1. The van der Waals surface area contributed by atoms with Gasteiger partial charge in [0.15, 0.2) is 0 Å². The van der Waals surface area contributed by atoms with E-state index in [0.717, 1.165) is 9.05 Å². The van der Waals surface area contributed by atoms with E-state index in [9.17, 15) is 9.59 Å². The van der Waals surface area contributed by atoms with Crippen molar-refractivity contribution in [2.75, 3.05) is 0 Å². The van der Waals surface area contributed by atoms with Gasteiger partial charge in [0.2, 0.25) is 0 Å². The van der Waals surface area contributed by atoms with E-state index >= 15 is 0 Å². The first-order chi connectivity index (χ1) is 19.3. The fourth-order valence-corrected chi connectivity index (χ4v) is 8.03. The van der Waals surface area contributed by atoms with Crippen LogP contribution in [0.4, 0.5) is 0 Å². The van der Waals surface area contributed by atoms with E-state index in [-0.39, 0.29) is 21.4 Å². The Balaban J connectivity index is 0.000000235. The van der Waals surface area contributed by atoms with Crippen LogP contribution in [-0.2, 0) is 4.74 Å². The van der Waals surface area contributed by atoms with Gasteiger partial charge in [0.25, 0.3) is 0 Å². The molecule has 4 rings (SSSR count). The van der Waals surface area contributed by atoms with E-state index in [2.05, 4.69) is 54.7 Å². The number of aromatic carboxylic acids is 1. The number of carbonyl (C=O) groups excluding carboxylic acids is 1. The van der Waals surface area contributed by atoms with Crippen LogP contribution in [-0.4, -0.2) is 78.7 Å². The third-order valence-electron chi connectivity index (χ3n) is 5.70. The average molecular weight is 737 g/mol. The van der Waals surface area contributed by atoms with Gasteiger partial charge in [0, 0.05) is 0 Å². The van der Waals surface area contributed by atoms with Crippen molar-refractivity contribution in [2.24, 2.45) is 0 Å². The predicted octanol–water partition coefficient (Wildman–Crippen LogP) is 5.59. The summed E-state index contributed by atoms with van der Waals surface area (Å²) in [6, 6.07) is 10.4. The molecule has 4 aromatic heterocycles. The minimum absolute atomic E-state index is 0.00808. The molecule has 0 aliphatic rings. The molecule has 0 unspecified atom stereocenters. The number of ether oxygens (including phenoxy) is 1. The first kappa shape index (κ1) is 33.8. The number of carboxylic acids is 1. The summed E-state index contributed by atoms with van der Waals surface area (Å²) >= 11 is 8.06. The number of rotatable bonds is 6. The zero-order chi connectivity index (χ0) is 31.6. The van der Waals surface area contributed by atoms with Crippen molar-refractivity contribution in [1.29, 1.82) is 0 Å². The van der Waals surface area contributed by atoms with Crippen LogP contribution in [0, 0.1) is 0 Å². The Labute approximate surface area is 261 Å². The number of carboxylic acid groups (broad SMARTS) is 1. The molecule has 0 radical (unpaired) electrons. The number of aromatic nitrogens is 6. The van der Waals surface area contributed by atoms with E-state index in [0.29, 0.717) is 11.6 Å². The Bertz CT molecular complexity index is 1600. The van der Waals surface area contributed by atoms with E-state index in [1.165, 1.54) is 6.07 Å². The molecule has 4 aromatic rings. The number of nitrogens with zero attached hydrogens (tertiary/aromatic N) is 6. The average Bonchev–Trinajstić information content (AvgIpc) is 3.53. The van der Waals surface area contributed by atoms with Crippen molar-refractivity contribution < 1.29 is 19.4 Å². The van der Waals surface area contributed by atoms with Gasteiger partial charge in [-0.1, -0.05) is 0 Å². The molecule has 0 saturated carbocycles. The summed E-state index contributed by atoms with van der Waals surface area (Å²) < 4.78 is 10.9. The van der Waals surface area contributed by atoms with Gasteiger partial charge in [-0.15, -0.1) is 0 Å². The van der Waals surface area contributed by atoms with Gasteiger partial charge in [0.05, 0.1) is 0 Å². The summed E-state index contributed by atoms with van der Waals surface area (Å²) in [6.07, 6.45) is 3.70. The molecule has 0 aliphatic heterocycles. The number of hydrogen-bond acceptors (Lipinski definition) is 7. The number of carbonyl (C=O) groups is 2. The van der Waals surface area contributed by atoms with Crippen molar-refractivity contribution >= 4 is 70.7 Å². The summed E-state index contributed by atoms with van der Waals surface area (Å²) in [7, 11) is 0. The number of pyridine rings is 2. The fraction of sp³-hybridized carbons (Fsp3) is 0.357. The Morgan fingerprint density at radius 3 is 1.45 bits per heavy atom. The van der Waals surface area contributed by atoms with E-state index in [4.69, 9.17) is 33.0 Å². The molecular weight excluding hydrogens is 700 g/mol. The monoisotopic (exact) mass is 738 g/mol. The molecular formula is C28H36Cl2Ge2N6O4. The van der Waals surface area contributed by atoms with Gasteiger partial charge < -0.3 is 0 Å². The molecule has 0 spiro atoms. The van der Waals surface area contributed by atoms with Gasteiger partial charge in [-0.05, 0) is 0 Å². The molecule has 0 amide bonds. The molecule has 14 heteroatoms. The summed E-state index contributed by atoms with van der Waals surface area (Å²) in [4.78, 5) is 31.3. The molecule has 10 nitrogen and oxygen atoms in total. The van der Waals surface area contributed by atoms with Crippen molar-refractivity contribution in [3.63, 3.8) is 0 Å². The minimum atomic E-state index is -1.98. The Hall–Kier alpha value is -2.67. The maximum atomic E-state index is 12.1. The van der Waals surface area contributed by atoms with Crippen molar-refractivity contribution in [1.82, 2.24) is 29.5 Å². The molecule has 1 N–H and O–H groups in total. The van der Waals surface area contributed by atoms with Crippen LogP contribution >= 0.6 is 23.2 Å². The van der Waals surface area contributed by atoms with Crippen LogP contribution in [0.3, 0.4) is 0 Å². The summed E-state index contributed by atoms with van der Waals surface area (Å²) in [5.41, 5.74) is -0.327. The molecule has 4 heterocycles. The van der Waals surface area contributed by atoms with Crippen LogP contribution in [0.1, 0.15) is 41.5 Å². The molecule has 0 fully saturated rings. The van der Waals surface area contributed by atoms with Gasteiger partial charge in [-0.2, -0.15) is 0 Å². The second-order valence-corrected chi connectivity index (χ2v) is 34.4. The first-order valence-electron chi connectivity index (χ1n) is 13.2. The topological polar surface area (TPSA) is 125 Å². The Morgan fingerprint density at radius 2 is 1.14 bits per heavy atom. The van der Waals surface area contributed by atoms with Crippen LogP contribution in [0.25, 0.3) is 11.6 Å². The van der Waals surface area contributed by atoms with Crippen LogP contribution in [0.2, 0.25) is 44.8 Å². The van der Waals surface area contributed by atoms with Crippen molar-refractivity contribution in [3.05, 3.63) is 70.2 Å². The Morgan fingerprint density at radius 1 is 0.738 bits per heavy atom. The zero-order valence-corrected chi connectivity index (χ0v) is 30.9. The molecule has 0 saturated heterocycles. The SMILES string of the molecule is CC(C)(C)OC(=O)c1ccc(-n2cc[c]([Ge]([CH3])([CH3])[CH3])n2)nc1Cl.[CH3][Ge]([CH3])([CH3])[c]1ccn(-c2ccc(C(=O)O)c(Cl)n2)n1. The summed E-state index contributed by atoms with van der Waals surface area (Å²) in [5.74, 6) is 13.1. The normalized spacial score (nSPS) is 12.0. The third-order valence-corrected chi connectivity index (χ3v) is 13.8. The van der Waals surface area contributed by atoms with Crippen LogP contribution in [0.15, 0.2) is 48.8 Å². The van der Waals surface area contributed by atoms with Gasteiger partial charge in [0.1, 0.15) is 0 Å². The quantitative estimate of drug-likeness (QED) is 0.155. The van der Waals surface area contributed by atoms with E-state index < -0.39 is 44.1 Å². The predicted molar refractivity (Wildman–Crippen MR) is 171 cm³/mol. The van der Waals surface area contributed by atoms with Crippen LogP contribution < -0.4 is 9.05 Å². The first-order valence-corrected chi connectivity index (χ1v) is 28.6. The molecule has 224 valence electrons. The second-order valence-electron chi connectivity index (χ2n) is 12.6. The number of halogens is 2. The molecule has 42 heavy (non-hydrogen) atoms. The fourth-order valence-electron chi connectivity index (χ4n) is 3.45. The van der Waals surface area contributed by atoms with Gasteiger partial charge in [-0.25, -0.2) is 0 Å².